The number of fused-ring (bicyclic) bond motifs is 3. The largest absolute Gasteiger partial charge is 0.332 e. The third-order valence-corrected chi connectivity index (χ3v) is 6.79. The Kier molecular flexibility index (Phi) is 5.23. The van der Waals surface area contributed by atoms with Crippen molar-refractivity contribution in [3.05, 3.63) is 85.1 Å². The molecule has 0 fully saturated rings. The average Bonchev–Trinajstić information content (AvgIpc) is 3.15. The molecule has 1 atom stereocenters. The van der Waals surface area contributed by atoms with Crippen molar-refractivity contribution < 1.29 is 0 Å². The molecule has 2 aromatic heterocycles. The summed E-state index contributed by atoms with van der Waals surface area (Å²) in [5.41, 5.74) is 6.85. The second-order valence-electron chi connectivity index (χ2n) is 9.92. The van der Waals surface area contributed by atoms with Crippen molar-refractivity contribution in [3.63, 3.8) is 0 Å². The Morgan fingerprint density at radius 2 is 1.65 bits per heavy atom. The van der Waals surface area contributed by atoms with Crippen molar-refractivity contribution in [2.75, 3.05) is 11.4 Å². The first-order valence-corrected chi connectivity index (χ1v) is 11.8. The molecule has 0 spiro atoms. The van der Waals surface area contributed by atoms with Gasteiger partial charge >= 0.3 is 5.69 Å². The quantitative estimate of drug-likeness (QED) is 0.467. The lowest BCUT2D eigenvalue weighted by molar-refractivity contribution is 0.458. The molecule has 0 N–H and O–H groups in total. The van der Waals surface area contributed by atoms with Gasteiger partial charge in [-0.2, -0.15) is 4.98 Å². The standard InChI is InChI=1S/C27H31N5O2/c1-16-7-8-20(5)21(10-16)15-32-25(33)23-24(29(6)27(32)34)28-26-30(13-19(4)14-31(23)26)22-11-17(2)9-18(3)12-22/h7-12,19H,13-15H2,1-6H3. The summed E-state index contributed by atoms with van der Waals surface area (Å²) in [6, 6.07) is 12.6. The zero-order valence-corrected chi connectivity index (χ0v) is 20.7. The van der Waals surface area contributed by atoms with Crippen molar-refractivity contribution in [3.8, 4) is 0 Å². The topological polar surface area (TPSA) is 65.1 Å². The molecule has 1 aliphatic heterocycles. The van der Waals surface area contributed by atoms with Crippen LogP contribution < -0.4 is 16.1 Å². The number of aromatic nitrogens is 4. The van der Waals surface area contributed by atoms with E-state index in [0.717, 1.165) is 34.9 Å². The molecular weight excluding hydrogens is 426 g/mol. The minimum atomic E-state index is -0.347. The monoisotopic (exact) mass is 457 g/mol. The molecule has 0 saturated carbocycles. The Balaban J connectivity index is 1.73. The highest BCUT2D eigenvalue weighted by molar-refractivity contribution is 5.77. The minimum Gasteiger partial charge on any atom is -0.312 e. The normalized spacial score (nSPS) is 15.7. The van der Waals surface area contributed by atoms with Crippen molar-refractivity contribution in [1.29, 1.82) is 0 Å². The van der Waals surface area contributed by atoms with Crippen LogP contribution in [0.5, 0.6) is 0 Å². The number of hydrogen-bond donors (Lipinski definition) is 0. The maximum Gasteiger partial charge on any atom is 0.332 e. The van der Waals surface area contributed by atoms with Gasteiger partial charge in [-0.3, -0.25) is 13.9 Å². The number of aryl methyl sites for hydroxylation is 5. The van der Waals surface area contributed by atoms with Gasteiger partial charge in [-0.25, -0.2) is 4.79 Å². The van der Waals surface area contributed by atoms with E-state index < -0.39 is 0 Å². The van der Waals surface area contributed by atoms with Gasteiger partial charge in [-0.1, -0.05) is 36.8 Å². The van der Waals surface area contributed by atoms with E-state index in [4.69, 9.17) is 4.98 Å². The van der Waals surface area contributed by atoms with Gasteiger partial charge in [0.1, 0.15) is 0 Å². The Bertz CT molecular complexity index is 1540. The molecule has 0 aliphatic carbocycles. The lowest BCUT2D eigenvalue weighted by Crippen LogP contribution is -2.40. The summed E-state index contributed by atoms with van der Waals surface area (Å²) >= 11 is 0. The molecular formula is C27H31N5O2. The van der Waals surface area contributed by atoms with E-state index in [-0.39, 0.29) is 17.8 Å². The third kappa shape index (κ3) is 3.56. The molecule has 1 unspecified atom stereocenters. The number of imidazole rings is 1. The highest BCUT2D eigenvalue weighted by Gasteiger charge is 2.30. The molecule has 0 radical (unpaired) electrons. The zero-order valence-electron chi connectivity index (χ0n) is 20.7. The van der Waals surface area contributed by atoms with E-state index in [0.29, 0.717) is 23.6 Å². The Labute approximate surface area is 198 Å². The first-order chi connectivity index (χ1) is 16.1. The van der Waals surface area contributed by atoms with Crippen molar-refractivity contribution in [2.45, 2.75) is 47.7 Å². The van der Waals surface area contributed by atoms with Gasteiger partial charge in [0, 0.05) is 25.8 Å². The van der Waals surface area contributed by atoms with Crippen LogP contribution in [0.1, 0.15) is 34.7 Å². The zero-order chi connectivity index (χ0) is 24.3. The van der Waals surface area contributed by atoms with Crippen molar-refractivity contribution in [1.82, 2.24) is 18.7 Å². The molecule has 176 valence electrons. The minimum absolute atomic E-state index is 0.242. The average molecular weight is 458 g/mol. The molecule has 7 nitrogen and oxygen atoms in total. The van der Waals surface area contributed by atoms with E-state index in [1.54, 1.807) is 7.05 Å². The third-order valence-electron chi connectivity index (χ3n) is 6.79. The molecule has 2 aromatic carbocycles. The van der Waals surface area contributed by atoms with Crippen LogP contribution in [-0.2, 0) is 20.1 Å². The summed E-state index contributed by atoms with van der Waals surface area (Å²) in [5.74, 6) is 1.03. The van der Waals surface area contributed by atoms with Crippen LogP contribution in [0.3, 0.4) is 0 Å². The van der Waals surface area contributed by atoms with Crippen LogP contribution in [0.15, 0.2) is 46.0 Å². The van der Waals surface area contributed by atoms with Gasteiger partial charge in [0.05, 0.1) is 6.54 Å². The molecule has 0 bridgehead atoms. The second-order valence-corrected chi connectivity index (χ2v) is 9.92. The van der Waals surface area contributed by atoms with Crippen molar-refractivity contribution >= 4 is 22.8 Å². The van der Waals surface area contributed by atoms with Gasteiger partial charge in [-0.15, -0.1) is 0 Å². The Hall–Kier alpha value is -3.61. The molecule has 3 heterocycles. The second kappa shape index (κ2) is 8.01. The molecule has 5 rings (SSSR count). The van der Waals surface area contributed by atoms with Crippen molar-refractivity contribution in [2.24, 2.45) is 13.0 Å². The van der Waals surface area contributed by atoms with E-state index in [9.17, 15) is 9.59 Å². The predicted molar refractivity (Wildman–Crippen MR) is 136 cm³/mol. The molecule has 34 heavy (non-hydrogen) atoms. The summed E-state index contributed by atoms with van der Waals surface area (Å²) < 4.78 is 4.86. The van der Waals surface area contributed by atoms with Crippen LogP contribution in [0.4, 0.5) is 11.6 Å². The number of anilines is 2. The van der Waals surface area contributed by atoms with Crippen LogP contribution in [-0.4, -0.2) is 25.2 Å². The van der Waals surface area contributed by atoms with Gasteiger partial charge in [0.25, 0.3) is 5.56 Å². The predicted octanol–water partition coefficient (Wildman–Crippen LogP) is 3.97. The lowest BCUT2D eigenvalue weighted by Gasteiger charge is -2.33. The highest BCUT2D eigenvalue weighted by Crippen LogP contribution is 2.33. The van der Waals surface area contributed by atoms with Crippen LogP contribution in [0.25, 0.3) is 11.2 Å². The Morgan fingerprint density at radius 3 is 2.35 bits per heavy atom. The molecule has 0 amide bonds. The summed E-state index contributed by atoms with van der Waals surface area (Å²) in [5, 5.41) is 0. The van der Waals surface area contributed by atoms with E-state index >= 15 is 0 Å². The SMILES string of the molecule is Cc1cc(C)cc(N2CC(C)Cn3c2nc2c3c(=O)n(Cc3cc(C)ccc3C)c(=O)n2C)c1. The number of nitrogens with zero attached hydrogens (tertiary/aromatic N) is 5. The maximum atomic E-state index is 13.8. The summed E-state index contributed by atoms with van der Waals surface area (Å²) in [7, 11) is 1.70. The highest BCUT2D eigenvalue weighted by atomic mass is 16.2. The van der Waals surface area contributed by atoms with E-state index in [2.05, 4.69) is 43.9 Å². The molecule has 4 aromatic rings. The summed E-state index contributed by atoms with van der Waals surface area (Å²) in [6.45, 7) is 12.1. The first-order valence-electron chi connectivity index (χ1n) is 11.8. The van der Waals surface area contributed by atoms with Crippen LogP contribution in [0.2, 0.25) is 0 Å². The molecule has 0 saturated heterocycles. The number of hydrogen-bond acceptors (Lipinski definition) is 4. The van der Waals surface area contributed by atoms with Gasteiger partial charge < -0.3 is 9.47 Å². The maximum absolute atomic E-state index is 13.8. The van der Waals surface area contributed by atoms with Crippen LogP contribution >= 0.6 is 0 Å². The fraction of sp³-hybridized carbons (Fsp3) is 0.370. The van der Waals surface area contributed by atoms with Gasteiger partial charge in [0.15, 0.2) is 11.2 Å². The molecule has 1 aliphatic rings. The summed E-state index contributed by atoms with van der Waals surface area (Å²) in [6.07, 6.45) is 0. The van der Waals surface area contributed by atoms with Gasteiger partial charge in [0.2, 0.25) is 5.95 Å². The summed E-state index contributed by atoms with van der Waals surface area (Å²) in [4.78, 5) is 34.1. The van der Waals surface area contributed by atoms with E-state index in [1.165, 1.54) is 20.3 Å². The Morgan fingerprint density at radius 1 is 0.941 bits per heavy atom. The fourth-order valence-corrected chi connectivity index (χ4v) is 5.11. The molecule has 7 heteroatoms. The number of rotatable bonds is 3. The van der Waals surface area contributed by atoms with Gasteiger partial charge in [-0.05, 0) is 68.0 Å². The van der Waals surface area contributed by atoms with Crippen LogP contribution in [0, 0.1) is 33.6 Å². The lowest BCUT2D eigenvalue weighted by atomic mass is 10.1. The van der Waals surface area contributed by atoms with E-state index in [1.807, 2.05) is 36.6 Å². The first kappa shape index (κ1) is 22.2. The smallest absolute Gasteiger partial charge is 0.312 e. The number of benzene rings is 2. The fourth-order valence-electron chi connectivity index (χ4n) is 5.11.